The first-order valence-electron chi connectivity index (χ1n) is 8.53. The first-order valence-corrected chi connectivity index (χ1v) is 8.53. The van der Waals surface area contributed by atoms with Gasteiger partial charge in [-0.05, 0) is 37.3 Å². The molecular formula is C22H19N3O. The Morgan fingerprint density at radius 3 is 2.46 bits per heavy atom. The van der Waals surface area contributed by atoms with Crippen molar-refractivity contribution in [3.8, 4) is 11.1 Å². The topological polar surface area (TPSA) is 82.0 Å². The van der Waals surface area contributed by atoms with Crippen LogP contribution in [0, 0.1) is 0 Å². The number of hydrogen-bond acceptors (Lipinski definition) is 4. The van der Waals surface area contributed by atoms with Crippen LogP contribution < -0.4 is 11.5 Å². The standard InChI is InChI=1S/C22H19N3O/c1-13(23)22(26)16-10-11-20-17(12-14-6-2-5-9-19(14)25-20)21(16)15-7-3-4-8-18(15)24/h2-13H,23-24H2,1H3. The molecule has 0 spiro atoms. The minimum Gasteiger partial charge on any atom is -0.398 e. The van der Waals surface area contributed by atoms with Gasteiger partial charge in [0.05, 0.1) is 17.1 Å². The number of nitrogens with zero attached hydrogens (tertiary/aromatic N) is 1. The summed E-state index contributed by atoms with van der Waals surface area (Å²) in [5.74, 6) is -0.113. The van der Waals surface area contributed by atoms with Gasteiger partial charge in [-0.2, -0.15) is 0 Å². The fourth-order valence-electron chi connectivity index (χ4n) is 3.31. The largest absolute Gasteiger partial charge is 0.398 e. The molecule has 1 atom stereocenters. The van der Waals surface area contributed by atoms with Crippen molar-refractivity contribution < 1.29 is 4.79 Å². The summed E-state index contributed by atoms with van der Waals surface area (Å²) in [6.45, 7) is 1.70. The SMILES string of the molecule is CC(N)C(=O)c1ccc2nc3ccccc3cc2c1-c1ccccc1N. The lowest BCUT2D eigenvalue weighted by molar-refractivity contribution is 0.0968. The highest BCUT2D eigenvalue weighted by atomic mass is 16.1. The number of carbonyl (C=O) groups is 1. The zero-order valence-electron chi connectivity index (χ0n) is 14.4. The summed E-state index contributed by atoms with van der Waals surface area (Å²) in [5, 5.41) is 1.91. The molecule has 4 aromatic rings. The Labute approximate surface area is 151 Å². The highest BCUT2D eigenvalue weighted by Crippen LogP contribution is 2.36. The molecule has 4 N–H and O–H groups in total. The molecule has 1 unspecified atom stereocenters. The van der Waals surface area contributed by atoms with Crippen molar-refractivity contribution in [1.29, 1.82) is 0 Å². The average Bonchev–Trinajstić information content (AvgIpc) is 2.65. The number of para-hydroxylation sites is 2. The van der Waals surface area contributed by atoms with Crippen molar-refractivity contribution in [1.82, 2.24) is 4.98 Å². The molecule has 4 rings (SSSR count). The predicted molar refractivity (Wildman–Crippen MR) is 107 cm³/mol. The third kappa shape index (κ3) is 2.61. The molecule has 0 saturated heterocycles. The molecular weight excluding hydrogens is 322 g/mol. The monoisotopic (exact) mass is 341 g/mol. The van der Waals surface area contributed by atoms with E-state index in [-0.39, 0.29) is 5.78 Å². The normalized spacial score (nSPS) is 12.4. The maximum absolute atomic E-state index is 12.8. The van der Waals surface area contributed by atoms with E-state index in [0.29, 0.717) is 11.3 Å². The molecule has 0 amide bonds. The third-order valence-corrected chi connectivity index (χ3v) is 4.61. The van der Waals surface area contributed by atoms with Gasteiger partial charge in [0.25, 0.3) is 0 Å². The molecule has 4 heteroatoms. The molecule has 128 valence electrons. The van der Waals surface area contributed by atoms with E-state index < -0.39 is 6.04 Å². The minimum atomic E-state index is -0.593. The molecule has 0 radical (unpaired) electrons. The maximum atomic E-state index is 12.8. The highest BCUT2D eigenvalue weighted by molar-refractivity contribution is 6.14. The molecule has 1 aromatic heterocycles. The van der Waals surface area contributed by atoms with E-state index in [0.717, 1.165) is 32.9 Å². The molecule has 3 aromatic carbocycles. The molecule has 0 aliphatic heterocycles. The Kier molecular flexibility index (Phi) is 3.90. The van der Waals surface area contributed by atoms with Crippen molar-refractivity contribution in [2.45, 2.75) is 13.0 Å². The molecule has 0 bridgehead atoms. The van der Waals surface area contributed by atoms with Crippen molar-refractivity contribution in [3.63, 3.8) is 0 Å². The van der Waals surface area contributed by atoms with Crippen molar-refractivity contribution in [3.05, 3.63) is 72.3 Å². The summed E-state index contributed by atoms with van der Waals surface area (Å²) in [7, 11) is 0. The van der Waals surface area contributed by atoms with E-state index in [1.54, 1.807) is 13.0 Å². The molecule has 1 heterocycles. The van der Waals surface area contributed by atoms with Gasteiger partial charge in [-0.3, -0.25) is 4.79 Å². The molecule has 4 nitrogen and oxygen atoms in total. The van der Waals surface area contributed by atoms with Gasteiger partial charge in [0.15, 0.2) is 5.78 Å². The number of nitrogens with two attached hydrogens (primary N) is 2. The quantitative estimate of drug-likeness (QED) is 0.333. The van der Waals surface area contributed by atoms with E-state index in [1.807, 2.05) is 54.6 Å². The smallest absolute Gasteiger partial charge is 0.179 e. The fraction of sp³-hybridized carbons (Fsp3) is 0.0909. The Morgan fingerprint density at radius 1 is 0.962 bits per heavy atom. The second-order valence-electron chi connectivity index (χ2n) is 6.48. The van der Waals surface area contributed by atoms with Crippen LogP contribution >= 0.6 is 0 Å². The van der Waals surface area contributed by atoms with Gasteiger partial charge in [0, 0.05) is 33.2 Å². The van der Waals surface area contributed by atoms with Crippen LogP contribution in [-0.2, 0) is 0 Å². The van der Waals surface area contributed by atoms with Gasteiger partial charge in [0.2, 0.25) is 0 Å². The number of nitrogen functional groups attached to an aromatic ring is 1. The third-order valence-electron chi connectivity index (χ3n) is 4.61. The Hall–Kier alpha value is -3.24. The summed E-state index contributed by atoms with van der Waals surface area (Å²) >= 11 is 0. The molecule has 0 fully saturated rings. The Morgan fingerprint density at radius 2 is 1.69 bits per heavy atom. The lowest BCUT2D eigenvalue weighted by Crippen LogP contribution is -2.27. The Bertz CT molecular complexity index is 1150. The summed E-state index contributed by atoms with van der Waals surface area (Å²) in [4.78, 5) is 17.5. The summed E-state index contributed by atoms with van der Waals surface area (Å²) in [6.07, 6.45) is 0. The van der Waals surface area contributed by atoms with Gasteiger partial charge < -0.3 is 11.5 Å². The van der Waals surface area contributed by atoms with Crippen molar-refractivity contribution >= 4 is 33.3 Å². The van der Waals surface area contributed by atoms with Gasteiger partial charge in [0.1, 0.15) is 0 Å². The summed E-state index contributed by atoms with van der Waals surface area (Å²) in [6, 6.07) is 20.6. The summed E-state index contributed by atoms with van der Waals surface area (Å²) in [5.41, 5.74) is 16.7. The van der Waals surface area contributed by atoms with Crippen LogP contribution in [0.4, 0.5) is 5.69 Å². The Balaban J connectivity index is 2.15. The number of rotatable bonds is 3. The van der Waals surface area contributed by atoms with Crippen LogP contribution in [0.2, 0.25) is 0 Å². The number of carbonyl (C=O) groups excluding carboxylic acids is 1. The van der Waals surface area contributed by atoms with Gasteiger partial charge >= 0.3 is 0 Å². The van der Waals surface area contributed by atoms with Crippen LogP contribution in [0.25, 0.3) is 32.9 Å². The molecule has 26 heavy (non-hydrogen) atoms. The van der Waals surface area contributed by atoms with Crippen LogP contribution in [0.5, 0.6) is 0 Å². The number of fused-ring (bicyclic) bond motifs is 2. The number of pyridine rings is 1. The number of benzene rings is 3. The van der Waals surface area contributed by atoms with E-state index in [9.17, 15) is 4.79 Å². The second kappa shape index (κ2) is 6.24. The maximum Gasteiger partial charge on any atom is 0.179 e. The van der Waals surface area contributed by atoms with E-state index >= 15 is 0 Å². The van der Waals surface area contributed by atoms with E-state index in [2.05, 4.69) is 6.07 Å². The van der Waals surface area contributed by atoms with Crippen LogP contribution in [0.15, 0.2) is 66.7 Å². The van der Waals surface area contributed by atoms with Crippen LogP contribution in [-0.4, -0.2) is 16.8 Å². The zero-order valence-corrected chi connectivity index (χ0v) is 14.4. The van der Waals surface area contributed by atoms with Gasteiger partial charge in [-0.15, -0.1) is 0 Å². The number of hydrogen-bond donors (Lipinski definition) is 2. The lowest BCUT2D eigenvalue weighted by Gasteiger charge is -2.16. The number of aromatic nitrogens is 1. The zero-order chi connectivity index (χ0) is 18.3. The number of Topliss-reactive ketones (excluding diaryl/α,β-unsaturated/α-hetero) is 1. The first kappa shape index (κ1) is 16.2. The van der Waals surface area contributed by atoms with Crippen molar-refractivity contribution in [2.24, 2.45) is 5.73 Å². The molecule has 0 aliphatic carbocycles. The van der Waals surface area contributed by atoms with Crippen molar-refractivity contribution in [2.75, 3.05) is 5.73 Å². The van der Waals surface area contributed by atoms with E-state index in [4.69, 9.17) is 16.5 Å². The molecule has 0 saturated carbocycles. The fourth-order valence-corrected chi connectivity index (χ4v) is 3.31. The number of anilines is 1. The highest BCUT2D eigenvalue weighted by Gasteiger charge is 2.20. The molecule has 0 aliphatic rings. The predicted octanol–water partition coefficient (Wildman–Crippen LogP) is 4.17. The van der Waals surface area contributed by atoms with Gasteiger partial charge in [-0.1, -0.05) is 36.4 Å². The summed E-state index contributed by atoms with van der Waals surface area (Å²) < 4.78 is 0. The number of ketones is 1. The average molecular weight is 341 g/mol. The minimum absolute atomic E-state index is 0.113. The van der Waals surface area contributed by atoms with Crippen LogP contribution in [0.3, 0.4) is 0 Å². The lowest BCUT2D eigenvalue weighted by atomic mass is 9.90. The van der Waals surface area contributed by atoms with Crippen LogP contribution in [0.1, 0.15) is 17.3 Å². The second-order valence-corrected chi connectivity index (χ2v) is 6.48. The first-order chi connectivity index (χ1) is 12.6. The van der Waals surface area contributed by atoms with Gasteiger partial charge in [-0.25, -0.2) is 4.98 Å². The van der Waals surface area contributed by atoms with E-state index in [1.165, 1.54) is 0 Å².